The monoisotopic (exact) mass is 457 g/mol. The van der Waals surface area contributed by atoms with Gasteiger partial charge in [-0.1, -0.05) is 53.3 Å². The highest BCUT2D eigenvalue weighted by atomic mass is 35.5. The molecule has 0 bridgehead atoms. The summed E-state index contributed by atoms with van der Waals surface area (Å²) in [6.45, 7) is 0. The first kappa shape index (κ1) is 20.5. The Morgan fingerprint density at radius 1 is 0.967 bits per heavy atom. The highest BCUT2D eigenvalue weighted by Gasteiger charge is 2.17. The number of fused-ring (bicyclic) bond motifs is 1. The summed E-state index contributed by atoms with van der Waals surface area (Å²) in [6.07, 6.45) is 0.212. The average Bonchev–Trinajstić information content (AvgIpc) is 3.20. The molecule has 1 N–H and O–H groups in total. The maximum Gasteiger partial charge on any atom is 0.257 e. The smallest absolute Gasteiger partial charge is 0.257 e. The molecule has 9 heteroatoms. The summed E-state index contributed by atoms with van der Waals surface area (Å²) in [7, 11) is -3.47. The molecular formula is C21H16ClN3O3S2. The molecule has 0 saturated carbocycles. The first-order valence-electron chi connectivity index (χ1n) is 9.02. The molecule has 0 unspecified atom stereocenters. The third-order valence-electron chi connectivity index (χ3n) is 4.46. The van der Waals surface area contributed by atoms with Crippen LogP contribution >= 0.6 is 22.9 Å². The SMILES string of the molecule is O=C(Nc1nnc(CCS(=O)(=O)c2ccc3ccccc3c2)s1)c1ccc(Cl)cc1. The number of carbonyl (C=O) groups excluding carboxylic acids is 1. The van der Waals surface area contributed by atoms with Gasteiger partial charge < -0.3 is 0 Å². The Hall–Kier alpha value is -2.81. The first-order chi connectivity index (χ1) is 14.4. The van der Waals surface area contributed by atoms with Crippen molar-refractivity contribution in [2.45, 2.75) is 11.3 Å². The van der Waals surface area contributed by atoms with Gasteiger partial charge in [-0.2, -0.15) is 0 Å². The molecule has 0 radical (unpaired) electrons. The number of nitrogens with one attached hydrogen (secondary N) is 1. The lowest BCUT2D eigenvalue weighted by Crippen LogP contribution is -2.11. The lowest BCUT2D eigenvalue weighted by molar-refractivity contribution is 0.102. The van der Waals surface area contributed by atoms with E-state index in [0.717, 1.165) is 22.1 Å². The number of aryl methyl sites for hydroxylation is 1. The van der Waals surface area contributed by atoms with Gasteiger partial charge in [-0.3, -0.25) is 10.1 Å². The molecule has 0 fully saturated rings. The van der Waals surface area contributed by atoms with E-state index in [1.54, 1.807) is 42.5 Å². The molecule has 3 aromatic carbocycles. The Kier molecular flexibility index (Phi) is 5.80. The predicted octanol–water partition coefficient (Wildman–Crippen LogP) is 4.61. The largest absolute Gasteiger partial charge is 0.296 e. The number of aromatic nitrogens is 2. The van der Waals surface area contributed by atoms with Crippen molar-refractivity contribution in [3.8, 4) is 0 Å². The summed E-state index contributed by atoms with van der Waals surface area (Å²) in [5, 5.41) is 13.8. The zero-order valence-electron chi connectivity index (χ0n) is 15.6. The molecule has 0 saturated heterocycles. The molecule has 1 amide bonds. The molecule has 1 aromatic heterocycles. The van der Waals surface area contributed by atoms with Gasteiger partial charge in [0.25, 0.3) is 5.91 Å². The molecule has 0 spiro atoms. The lowest BCUT2D eigenvalue weighted by Gasteiger charge is -2.05. The second kappa shape index (κ2) is 8.51. The Morgan fingerprint density at radius 3 is 2.47 bits per heavy atom. The number of sulfone groups is 1. The Labute approximate surface area is 182 Å². The van der Waals surface area contributed by atoms with Gasteiger partial charge in [0.15, 0.2) is 9.84 Å². The minimum absolute atomic E-state index is 0.0922. The van der Waals surface area contributed by atoms with Crippen molar-refractivity contribution >= 4 is 54.6 Å². The second-order valence-electron chi connectivity index (χ2n) is 6.54. The van der Waals surface area contributed by atoms with E-state index in [2.05, 4.69) is 15.5 Å². The van der Waals surface area contributed by atoms with E-state index < -0.39 is 9.84 Å². The fraction of sp³-hybridized carbons (Fsp3) is 0.0952. The molecule has 152 valence electrons. The van der Waals surface area contributed by atoms with E-state index in [0.29, 0.717) is 20.7 Å². The van der Waals surface area contributed by atoms with Crippen molar-refractivity contribution in [1.82, 2.24) is 10.2 Å². The molecule has 6 nitrogen and oxygen atoms in total. The molecule has 30 heavy (non-hydrogen) atoms. The third kappa shape index (κ3) is 4.67. The van der Waals surface area contributed by atoms with Crippen molar-refractivity contribution in [1.29, 1.82) is 0 Å². The van der Waals surface area contributed by atoms with Crippen molar-refractivity contribution in [3.63, 3.8) is 0 Å². The summed E-state index contributed by atoms with van der Waals surface area (Å²) in [4.78, 5) is 12.5. The van der Waals surface area contributed by atoms with Crippen LogP contribution in [0.4, 0.5) is 5.13 Å². The number of carbonyl (C=O) groups is 1. The molecule has 0 aliphatic heterocycles. The third-order valence-corrected chi connectivity index (χ3v) is 7.32. The van der Waals surface area contributed by atoms with Crippen LogP contribution < -0.4 is 5.32 Å². The minimum Gasteiger partial charge on any atom is -0.296 e. The molecule has 0 aliphatic rings. The number of hydrogen-bond donors (Lipinski definition) is 1. The van der Waals surface area contributed by atoms with Crippen LogP contribution in [0.15, 0.2) is 71.6 Å². The summed E-state index contributed by atoms with van der Waals surface area (Å²) < 4.78 is 25.4. The van der Waals surface area contributed by atoms with E-state index in [9.17, 15) is 13.2 Å². The van der Waals surface area contributed by atoms with E-state index in [1.165, 1.54) is 0 Å². The van der Waals surface area contributed by atoms with Gasteiger partial charge in [0.05, 0.1) is 10.6 Å². The predicted molar refractivity (Wildman–Crippen MR) is 119 cm³/mol. The fourth-order valence-corrected chi connectivity index (χ4v) is 5.15. The van der Waals surface area contributed by atoms with Crippen LogP contribution in [0.5, 0.6) is 0 Å². The Morgan fingerprint density at radius 2 is 1.70 bits per heavy atom. The number of amides is 1. The van der Waals surface area contributed by atoms with E-state index in [4.69, 9.17) is 11.6 Å². The lowest BCUT2D eigenvalue weighted by atomic mass is 10.1. The van der Waals surface area contributed by atoms with Crippen LogP contribution in [0.1, 0.15) is 15.4 Å². The molecule has 4 aromatic rings. The van der Waals surface area contributed by atoms with Crippen LogP contribution in [0, 0.1) is 0 Å². The molecule has 0 aliphatic carbocycles. The zero-order chi connectivity index (χ0) is 21.1. The second-order valence-corrected chi connectivity index (χ2v) is 10.1. The van der Waals surface area contributed by atoms with Crippen molar-refractivity contribution in [2.24, 2.45) is 0 Å². The van der Waals surface area contributed by atoms with Crippen LogP contribution in [0.25, 0.3) is 10.8 Å². The number of nitrogens with zero attached hydrogens (tertiary/aromatic N) is 2. The molecule has 4 rings (SSSR count). The Balaban J connectivity index is 1.41. The first-order valence-corrected chi connectivity index (χ1v) is 11.9. The fourth-order valence-electron chi connectivity index (χ4n) is 2.88. The van der Waals surface area contributed by atoms with E-state index in [-0.39, 0.29) is 23.0 Å². The van der Waals surface area contributed by atoms with Crippen LogP contribution in [0.3, 0.4) is 0 Å². The number of anilines is 1. The van der Waals surface area contributed by atoms with Crippen molar-refractivity contribution < 1.29 is 13.2 Å². The van der Waals surface area contributed by atoms with Gasteiger partial charge in [-0.25, -0.2) is 8.42 Å². The van der Waals surface area contributed by atoms with Gasteiger partial charge in [0.1, 0.15) is 5.01 Å². The standard InChI is InChI=1S/C21H16ClN3O3S2/c22-17-8-5-15(6-9-17)20(26)23-21-25-24-19(29-21)11-12-30(27,28)18-10-7-14-3-1-2-4-16(14)13-18/h1-10,13H,11-12H2,(H,23,25,26). The van der Waals surface area contributed by atoms with Gasteiger partial charge in [0.2, 0.25) is 5.13 Å². The quantitative estimate of drug-likeness (QED) is 0.456. The highest BCUT2D eigenvalue weighted by molar-refractivity contribution is 7.91. The minimum atomic E-state index is -3.47. The summed E-state index contributed by atoms with van der Waals surface area (Å²) in [6, 6.07) is 19.2. The van der Waals surface area contributed by atoms with Crippen molar-refractivity contribution in [3.05, 3.63) is 82.3 Å². The molecular weight excluding hydrogens is 442 g/mol. The van der Waals surface area contributed by atoms with E-state index in [1.807, 2.05) is 24.3 Å². The highest BCUT2D eigenvalue weighted by Crippen LogP contribution is 2.22. The van der Waals surface area contributed by atoms with Crippen LogP contribution in [-0.2, 0) is 16.3 Å². The number of hydrogen-bond acceptors (Lipinski definition) is 6. The average molecular weight is 458 g/mol. The van der Waals surface area contributed by atoms with Crippen molar-refractivity contribution in [2.75, 3.05) is 11.1 Å². The normalized spacial score (nSPS) is 11.5. The van der Waals surface area contributed by atoms with Gasteiger partial charge >= 0.3 is 0 Å². The topological polar surface area (TPSA) is 89.0 Å². The summed E-state index contributed by atoms with van der Waals surface area (Å²) in [5.74, 6) is -0.427. The van der Waals surface area contributed by atoms with E-state index >= 15 is 0 Å². The number of rotatable bonds is 6. The molecule has 0 atom stereocenters. The summed E-state index contributed by atoms with van der Waals surface area (Å²) >= 11 is 6.98. The van der Waals surface area contributed by atoms with Gasteiger partial charge in [-0.05, 0) is 47.2 Å². The zero-order valence-corrected chi connectivity index (χ0v) is 18.0. The van der Waals surface area contributed by atoms with Gasteiger partial charge in [-0.15, -0.1) is 10.2 Å². The number of halogens is 1. The Bertz CT molecular complexity index is 1320. The summed E-state index contributed by atoms with van der Waals surface area (Å²) in [5.41, 5.74) is 0.440. The van der Waals surface area contributed by atoms with Crippen LogP contribution in [0.2, 0.25) is 5.02 Å². The maximum atomic E-state index is 12.7. The molecule has 1 heterocycles. The van der Waals surface area contributed by atoms with Gasteiger partial charge in [0, 0.05) is 17.0 Å². The number of benzene rings is 3. The maximum absolute atomic E-state index is 12.7. The van der Waals surface area contributed by atoms with Crippen LogP contribution in [-0.4, -0.2) is 30.3 Å².